The third-order valence-electron chi connectivity index (χ3n) is 6.96. The Labute approximate surface area is 275 Å². The van der Waals surface area contributed by atoms with Gasteiger partial charge in [-0.1, -0.05) is 114 Å². The van der Waals surface area contributed by atoms with Crippen LogP contribution in [0.15, 0.2) is 48.6 Å². The SMILES string of the molecule is CC/C=C\C/C=C\C/C=C\CCCCCCCC(=O)OC(COCCCCCCCC/C=C\CCC)COP(=O)(O)OCCN. The van der Waals surface area contributed by atoms with E-state index in [0.29, 0.717) is 13.0 Å². The maximum absolute atomic E-state index is 12.5. The van der Waals surface area contributed by atoms with Crippen LogP contribution in [0.25, 0.3) is 0 Å². The highest BCUT2D eigenvalue weighted by Crippen LogP contribution is 2.43. The normalized spacial score (nSPS) is 14.3. The first-order valence-electron chi connectivity index (χ1n) is 17.6. The molecule has 262 valence electrons. The second kappa shape index (κ2) is 33.8. The zero-order chi connectivity index (χ0) is 33.1. The van der Waals surface area contributed by atoms with Crippen molar-refractivity contribution in [2.24, 2.45) is 5.73 Å². The smallest absolute Gasteiger partial charge is 0.457 e. The number of carbonyl (C=O) groups excluding carboxylic acids is 1. The molecule has 0 spiro atoms. The fraction of sp³-hybridized carbons (Fsp3) is 0.750. The molecule has 0 heterocycles. The molecule has 0 aliphatic heterocycles. The summed E-state index contributed by atoms with van der Waals surface area (Å²) in [7, 11) is -4.27. The van der Waals surface area contributed by atoms with Crippen LogP contribution in [0.5, 0.6) is 0 Å². The zero-order valence-electron chi connectivity index (χ0n) is 28.6. The van der Waals surface area contributed by atoms with Crippen molar-refractivity contribution in [3.05, 3.63) is 48.6 Å². The fourth-order valence-corrected chi connectivity index (χ4v) is 5.19. The summed E-state index contributed by atoms with van der Waals surface area (Å²) < 4.78 is 33.2. The molecule has 0 aromatic carbocycles. The maximum atomic E-state index is 12.5. The van der Waals surface area contributed by atoms with Crippen molar-refractivity contribution < 1.29 is 32.8 Å². The fourth-order valence-electron chi connectivity index (χ4n) is 4.42. The van der Waals surface area contributed by atoms with Gasteiger partial charge in [0.1, 0.15) is 6.10 Å². The molecule has 3 N–H and O–H groups in total. The van der Waals surface area contributed by atoms with Crippen LogP contribution in [0.4, 0.5) is 0 Å². The Balaban J connectivity index is 4.17. The minimum absolute atomic E-state index is 0.0944. The monoisotopic (exact) mass is 655 g/mol. The molecule has 0 aromatic heterocycles. The summed E-state index contributed by atoms with van der Waals surface area (Å²) in [5.41, 5.74) is 5.34. The van der Waals surface area contributed by atoms with Gasteiger partial charge in [0, 0.05) is 19.6 Å². The van der Waals surface area contributed by atoms with Crippen molar-refractivity contribution in [2.45, 2.75) is 142 Å². The number of carbonyl (C=O) groups is 1. The number of rotatable bonds is 33. The molecule has 0 bridgehead atoms. The van der Waals surface area contributed by atoms with Crippen LogP contribution in [-0.2, 0) is 27.9 Å². The summed E-state index contributed by atoms with van der Waals surface area (Å²) in [5.74, 6) is -0.353. The molecule has 0 aromatic rings. The molecule has 0 aliphatic rings. The van der Waals surface area contributed by atoms with Gasteiger partial charge in [-0.25, -0.2) is 4.57 Å². The Hall–Kier alpha value is -1.54. The Morgan fingerprint density at radius 3 is 1.89 bits per heavy atom. The molecule has 0 amide bonds. The van der Waals surface area contributed by atoms with Crippen molar-refractivity contribution in [2.75, 3.05) is 33.0 Å². The van der Waals surface area contributed by atoms with Crippen LogP contribution >= 0.6 is 7.82 Å². The van der Waals surface area contributed by atoms with Gasteiger partial charge in [0.25, 0.3) is 0 Å². The number of phosphoric acid groups is 1. The van der Waals surface area contributed by atoms with Crippen molar-refractivity contribution in [1.29, 1.82) is 0 Å². The van der Waals surface area contributed by atoms with E-state index in [9.17, 15) is 14.3 Å². The Bertz CT molecular complexity index is 828. The number of unbranched alkanes of at least 4 members (excludes halogenated alkanes) is 12. The van der Waals surface area contributed by atoms with E-state index in [0.717, 1.165) is 77.0 Å². The second-order valence-corrected chi connectivity index (χ2v) is 12.8. The van der Waals surface area contributed by atoms with Gasteiger partial charge in [-0.2, -0.15) is 0 Å². The van der Waals surface area contributed by atoms with E-state index in [1.807, 2.05) is 0 Å². The largest absolute Gasteiger partial charge is 0.472 e. The minimum atomic E-state index is -4.27. The highest BCUT2D eigenvalue weighted by molar-refractivity contribution is 7.47. The lowest BCUT2D eigenvalue weighted by atomic mass is 10.1. The van der Waals surface area contributed by atoms with Crippen LogP contribution in [0.2, 0.25) is 0 Å². The summed E-state index contributed by atoms with van der Waals surface area (Å²) in [4.78, 5) is 22.3. The first-order valence-corrected chi connectivity index (χ1v) is 19.1. The highest BCUT2D eigenvalue weighted by atomic mass is 31.2. The molecule has 45 heavy (non-hydrogen) atoms. The second-order valence-electron chi connectivity index (χ2n) is 11.3. The van der Waals surface area contributed by atoms with Gasteiger partial charge in [-0.05, 0) is 64.2 Å². The molecular weight excluding hydrogens is 589 g/mol. The molecule has 2 unspecified atom stereocenters. The molecule has 0 fully saturated rings. The van der Waals surface area contributed by atoms with Gasteiger partial charge in [-0.15, -0.1) is 0 Å². The number of nitrogens with two attached hydrogens (primary N) is 1. The van der Waals surface area contributed by atoms with Gasteiger partial charge in [-0.3, -0.25) is 13.8 Å². The maximum Gasteiger partial charge on any atom is 0.472 e. The lowest BCUT2D eigenvalue weighted by Crippen LogP contribution is -2.28. The molecule has 0 radical (unpaired) electrons. The molecule has 0 saturated carbocycles. The predicted octanol–water partition coefficient (Wildman–Crippen LogP) is 9.68. The van der Waals surface area contributed by atoms with Crippen LogP contribution in [0, 0.1) is 0 Å². The van der Waals surface area contributed by atoms with Gasteiger partial charge < -0.3 is 20.1 Å². The first-order chi connectivity index (χ1) is 21.9. The standard InChI is InChI=1S/C36H66NO7P/c1-3-5-7-9-11-13-15-16-17-18-19-21-23-25-27-29-36(38)44-35(34-43-45(39,40)42-32-30-37)33-41-31-28-26-24-22-20-14-12-10-8-6-4-2/h5,7-8,10-11,13,16-17,35H,3-4,6,9,12,14-15,18-34,37H2,1-2H3,(H,39,40)/b7-5-,10-8-,13-11-,17-16-. The molecule has 8 nitrogen and oxygen atoms in total. The topological polar surface area (TPSA) is 117 Å². The van der Waals surface area contributed by atoms with Gasteiger partial charge >= 0.3 is 13.8 Å². The summed E-state index contributed by atoms with van der Waals surface area (Å²) in [5, 5.41) is 0. The number of esters is 1. The third kappa shape index (κ3) is 33.6. The lowest BCUT2D eigenvalue weighted by molar-refractivity contribution is -0.154. The number of hydrogen-bond donors (Lipinski definition) is 2. The number of phosphoric ester groups is 1. The average molecular weight is 656 g/mol. The third-order valence-corrected chi connectivity index (χ3v) is 7.95. The quantitative estimate of drug-likeness (QED) is 0.0311. The van der Waals surface area contributed by atoms with Crippen LogP contribution in [0.1, 0.15) is 136 Å². The van der Waals surface area contributed by atoms with Crippen LogP contribution in [0.3, 0.4) is 0 Å². The number of hydrogen-bond acceptors (Lipinski definition) is 7. The van der Waals surface area contributed by atoms with E-state index in [1.165, 1.54) is 38.5 Å². The van der Waals surface area contributed by atoms with Crippen molar-refractivity contribution in [1.82, 2.24) is 0 Å². The first kappa shape index (κ1) is 43.5. The van der Waals surface area contributed by atoms with Crippen molar-refractivity contribution in [3.8, 4) is 0 Å². The molecule has 0 saturated heterocycles. The Morgan fingerprint density at radius 1 is 0.689 bits per heavy atom. The average Bonchev–Trinajstić information content (AvgIpc) is 3.02. The zero-order valence-corrected chi connectivity index (χ0v) is 29.5. The van der Waals surface area contributed by atoms with Gasteiger partial charge in [0.2, 0.25) is 0 Å². The summed E-state index contributed by atoms with van der Waals surface area (Å²) >= 11 is 0. The van der Waals surface area contributed by atoms with Gasteiger partial charge in [0.05, 0.1) is 19.8 Å². The highest BCUT2D eigenvalue weighted by Gasteiger charge is 2.25. The minimum Gasteiger partial charge on any atom is -0.457 e. The van der Waals surface area contributed by atoms with Crippen molar-refractivity contribution >= 4 is 13.8 Å². The number of ether oxygens (including phenoxy) is 2. The van der Waals surface area contributed by atoms with E-state index in [2.05, 4.69) is 62.5 Å². The molecule has 9 heteroatoms. The van der Waals surface area contributed by atoms with E-state index < -0.39 is 13.9 Å². The summed E-state index contributed by atoms with van der Waals surface area (Å²) in [6.45, 7) is 4.69. The van der Waals surface area contributed by atoms with Crippen LogP contribution in [-0.4, -0.2) is 49.9 Å². The molecule has 0 rings (SSSR count). The molecular formula is C36H66NO7P. The lowest BCUT2D eigenvalue weighted by Gasteiger charge is -2.20. The summed E-state index contributed by atoms with van der Waals surface area (Å²) in [6, 6.07) is 0. The van der Waals surface area contributed by atoms with Crippen molar-refractivity contribution in [3.63, 3.8) is 0 Å². The van der Waals surface area contributed by atoms with E-state index in [4.69, 9.17) is 24.3 Å². The van der Waals surface area contributed by atoms with E-state index >= 15 is 0 Å². The summed E-state index contributed by atoms with van der Waals surface area (Å²) in [6.07, 6.45) is 36.9. The Kier molecular flexibility index (Phi) is 32.7. The number of allylic oxidation sites excluding steroid dienone is 8. The predicted molar refractivity (Wildman–Crippen MR) is 187 cm³/mol. The Morgan fingerprint density at radius 2 is 1.24 bits per heavy atom. The van der Waals surface area contributed by atoms with Gasteiger partial charge in [0.15, 0.2) is 0 Å². The molecule has 0 aliphatic carbocycles. The van der Waals surface area contributed by atoms with E-state index in [-0.39, 0.29) is 32.3 Å². The molecule has 2 atom stereocenters. The van der Waals surface area contributed by atoms with Crippen LogP contribution < -0.4 is 5.73 Å². The van der Waals surface area contributed by atoms with E-state index in [1.54, 1.807) is 0 Å².